The van der Waals surface area contributed by atoms with Crippen molar-refractivity contribution in [2.24, 2.45) is 4.99 Å². The second kappa shape index (κ2) is 12.9. The maximum absolute atomic E-state index is 10.5. The zero-order valence-corrected chi connectivity index (χ0v) is 21.2. The summed E-state index contributed by atoms with van der Waals surface area (Å²) in [5.41, 5.74) is 13.7. The average Bonchev–Trinajstić information content (AvgIpc) is 2.86. The molecule has 157 valence electrons. The Morgan fingerprint density at radius 1 is 0.594 bits per heavy atom. The van der Waals surface area contributed by atoms with E-state index < -0.39 is 0 Å². The van der Waals surface area contributed by atoms with Crippen molar-refractivity contribution >= 4 is 11.7 Å². The van der Waals surface area contributed by atoms with Gasteiger partial charge in [-0.15, -0.1) is 0 Å². The summed E-state index contributed by atoms with van der Waals surface area (Å²) < 4.78 is 0. The Morgan fingerprint density at radius 2 is 1.00 bits per heavy atom. The van der Waals surface area contributed by atoms with Crippen LogP contribution < -0.4 is 0 Å². The SMILES string of the molecule is CC.[N-]=C(N=C([NH-])c1cccc(-c2ccccc2)c1)c1cccc(-c2ccccc2)c1.[Y]. The summed E-state index contributed by atoms with van der Waals surface area (Å²) in [6.45, 7) is 4.00. The number of nitrogens with zero attached hydrogens (tertiary/aromatic N) is 2. The van der Waals surface area contributed by atoms with Gasteiger partial charge in [0.1, 0.15) is 0 Å². The summed E-state index contributed by atoms with van der Waals surface area (Å²) in [7, 11) is 0. The van der Waals surface area contributed by atoms with E-state index in [1.807, 2.05) is 117 Å². The van der Waals surface area contributed by atoms with Crippen molar-refractivity contribution < 1.29 is 32.7 Å². The number of hydrogen-bond acceptors (Lipinski definition) is 0. The first-order valence-corrected chi connectivity index (χ1v) is 10.4. The summed E-state index contributed by atoms with van der Waals surface area (Å²) in [4.78, 5) is 4.14. The van der Waals surface area contributed by atoms with Crippen LogP contribution in [0, 0.1) is 0 Å². The third kappa shape index (κ3) is 6.56. The number of benzene rings is 4. The molecule has 4 rings (SSSR count). The van der Waals surface area contributed by atoms with Gasteiger partial charge in [0.2, 0.25) is 0 Å². The third-order valence-electron chi connectivity index (χ3n) is 4.69. The van der Waals surface area contributed by atoms with Crippen LogP contribution in [0.5, 0.6) is 0 Å². The van der Waals surface area contributed by atoms with E-state index in [0.717, 1.165) is 22.3 Å². The van der Waals surface area contributed by atoms with E-state index in [0.29, 0.717) is 11.1 Å². The van der Waals surface area contributed by atoms with Crippen molar-refractivity contribution in [1.29, 1.82) is 0 Å². The monoisotopic (exact) mass is 492 g/mol. The molecule has 0 unspecified atom stereocenters. The zero-order chi connectivity index (χ0) is 22.1. The Labute approximate surface area is 215 Å². The fraction of sp³-hybridized carbons (Fsp3) is 0.0714. The topological polar surface area (TPSA) is 58.5 Å². The number of hydrogen-bond donors (Lipinski definition) is 0. The summed E-state index contributed by atoms with van der Waals surface area (Å²) >= 11 is 0. The Balaban J connectivity index is 0.00000118. The van der Waals surface area contributed by atoms with Gasteiger partial charge >= 0.3 is 0 Å². The predicted octanol–water partition coefficient (Wildman–Crippen LogP) is 7.86. The molecule has 0 atom stereocenters. The van der Waals surface area contributed by atoms with Gasteiger partial charge in [-0.05, 0) is 45.5 Å². The molecule has 0 aliphatic heterocycles. The molecule has 0 aliphatic rings. The second-order valence-electron chi connectivity index (χ2n) is 6.68. The largest absolute Gasteiger partial charge is 0.482 e. The van der Waals surface area contributed by atoms with Gasteiger partial charge in [0.25, 0.3) is 0 Å². The van der Waals surface area contributed by atoms with Crippen molar-refractivity contribution in [2.75, 3.05) is 0 Å². The molecule has 0 heterocycles. The summed E-state index contributed by atoms with van der Waals surface area (Å²) in [6.07, 6.45) is 0. The predicted molar refractivity (Wildman–Crippen MR) is 133 cm³/mol. The number of amidine groups is 2. The number of aliphatic imine (C=N–C) groups is 1. The van der Waals surface area contributed by atoms with Crippen molar-refractivity contribution in [3.63, 3.8) is 0 Å². The Hall–Kier alpha value is -2.88. The van der Waals surface area contributed by atoms with Crippen LogP contribution in [0.15, 0.2) is 114 Å². The normalized spacial score (nSPS) is 10.4. The fourth-order valence-electron chi connectivity index (χ4n) is 3.18. The van der Waals surface area contributed by atoms with E-state index in [1.165, 1.54) is 0 Å². The molecule has 1 radical (unpaired) electrons. The average molecular weight is 492 g/mol. The van der Waals surface area contributed by atoms with Gasteiger partial charge in [0.05, 0.1) is 0 Å². The maximum atomic E-state index is 10.5. The van der Waals surface area contributed by atoms with Gasteiger partial charge in [-0.2, -0.15) is 0 Å². The van der Waals surface area contributed by atoms with Crippen molar-refractivity contribution in [3.8, 4) is 22.3 Å². The van der Waals surface area contributed by atoms with Crippen molar-refractivity contribution in [3.05, 3.63) is 131 Å². The van der Waals surface area contributed by atoms with Crippen LogP contribution in [0.3, 0.4) is 0 Å². The van der Waals surface area contributed by atoms with Gasteiger partial charge in [0.15, 0.2) is 0 Å². The molecular weight excluding hydrogens is 467 g/mol. The van der Waals surface area contributed by atoms with E-state index in [4.69, 9.17) is 5.73 Å². The molecule has 0 bridgehead atoms. The van der Waals surface area contributed by atoms with E-state index in [2.05, 4.69) is 4.99 Å². The first-order chi connectivity index (χ1) is 15.2. The summed E-state index contributed by atoms with van der Waals surface area (Å²) in [6, 6.07) is 35.1. The maximum Gasteiger partial charge on any atom is 0 e. The summed E-state index contributed by atoms with van der Waals surface area (Å²) in [5.74, 6) is -0.150. The second-order valence-corrected chi connectivity index (χ2v) is 6.68. The minimum absolute atomic E-state index is 0. The molecule has 4 aromatic carbocycles. The molecule has 32 heavy (non-hydrogen) atoms. The van der Waals surface area contributed by atoms with Crippen LogP contribution in [0.25, 0.3) is 33.4 Å². The molecule has 3 nitrogen and oxygen atoms in total. The zero-order valence-electron chi connectivity index (χ0n) is 18.4. The molecule has 0 spiro atoms. The van der Waals surface area contributed by atoms with Gasteiger partial charge < -0.3 is 16.1 Å². The Morgan fingerprint density at radius 3 is 1.50 bits per heavy atom. The van der Waals surface area contributed by atoms with Crippen LogP contribution in [-0.2, 0) is 32.7 Å². The first-order valence-electron chi connectivity index (χ1n) is 10.4. The molecular formula is C28H25N3Y-2. The summed E-state index contributed by atoms with van der Waals surface area (Å²) in [5, 5.41) is 10.5. The molecule has 4 aromatic rings. The van der Waals surface area contributed by atoms with Crippen LogP contribution in [-0.4, -0.2) is 11.7 Å². The molecule has 0 saturated heterocycles. The quantitative estimate of drug-likeness (QED) is 0.206. The number of rotatable bonds is 4. The fourth-order valence-corrected chi connectivity index (χ4v) is 3.18. The molecule has 4 heteroatoms. The number of nitrogens with one attached hydrogen (secondary N) is 1. The third-order valence-corrected chi connectivity index (χ3v) is 4.69. The van der Waals surface area contributed by atoms with Crippen LogP contribution in [0.4, 0.5) is 0 Å². The minimum Gasteiger partial charge on any atom is -0.482 e. The molecule has 0 amide bonds. The van der Waals surface area contributed by atoms with Gasteiger partial charge in [-0.3, -0.25) is 0 Å². The molecule has 1 N–H and O–H groups in total. The van der Waals surface area contributed by atoms with Gasteiger partial charge in [0, 0.05) is 32.7 Å². The Bertz CT molecular complexity index is 1170. The molecule has 0 saturated carbocycles. The van der Waals surface area contributed by atoms with Crippen molar-refractivity contribution in [1.82, 2.24) is 0 Å². The van der Waals surface area contributed by atoms with Crippen LogP contribution in [0.1, 0.15) is 25.0 Å². The van der Waals surface area contributed by atoms with E-state index >= 15 is 0 Å². The van der Waals surface area contributed by atoms with Crippen LogP contribution >= 0.6 is 0 Å². The van der Waals surface area contributed by atoms with E-state index in [-0.39, 0.29) is 44.4 Å². The smallest absolute Gasteiger partial charge is 0 e. The van der Waals surface area contributed by atoms with E-state index in [1.54, 1.807) is 6.07 Å². The molecule has 0 aromatic heterocycles. The molecule has 0 aliphatic carbocycles. The van der Waals surface area contributed by atoms with E-state index in [9.17, 15) is 5.41 Å². The Kier molecular flexibility index (Phi) is 10.2. The first kappa shape index (κ1) is 25.4. The van der Waals surface area contributed by atoms with Gasteiger partial charge in [-0.1, -0.05) is 123 Å². The minimum atomic E-state index is -0.169. The standard InChI is InChI=1S/C26H19N3.C2H6.Y/c27-25(23-15-7-13-21(17-23)19-9-3-1-4-10-19)29-26(28)24-16-8-14-22(18-24)20-11-5-2-6-12-20;1-2;/h1-18H,(H-2,27,28,29);1-2H3;/q-2;;. The van der Waals surface area contributed by atoms with Crippen molar-refractivity contribution in [2.45, 2.75) is 13.8 Å². The van der Waals surface area contributed by atoms with Crippen LogP contribution in [0.2, 0.25) is 0 Å². The van der Waals surface area contributed by atoms with Gasteiger partial charge in [-0.25, -0.2) is 0 Å². The molecule has 0 fully saturated rings.